The van der Waals surface area contributed by atoms with Crippen molar-refractivity contribution in [1.82, 2.24) is 15.0 Å². The number of phenols is 1. The number of pyridine rings is 1. The van der Waals surface area contributed by atoms with Gasteiger partial charge in [-0.2, -0.15) is 0 Å². The van der Waals surface area contributed by atoms with Gasteiger partial charge in [0.2, 0.25) is 0 Å². The maximum Gasteiger partial charge on any atom is 0.159 e. The van der Waals surface area contributed by atoms with Crippen LogP contribution in [0.15, 0.2) is 67.0 Å². The Hall–Kier alpha value is -3.27. The molecule has 4 heteroatoms. The molecule has 0 radical (unpaired) electrons. The highest BCUT2D eigenvalue weighted by atomic mass is 16.3. The van der Waals surface area contributed by atoms with Gasteiger partial charge in [-0.1, -0.05) is 29.8 Å². The summed E-state index contributed by atoms with van der Waals surface area (Å²) in [7, 11) is 0. The third-order valence-corrected chi connectivity index (χ3v) is 3.94. The van der Waals surface area contributed by atoms with Gasteiger partial charge in [0.25, 0.3) is 0 Å². The Balaban J connectivity index is 1.80. The molecule has 4 nitrogen and oxygen atoms in total. The van der Waals surface area contributed by atoms with Gasteiger partial charge in [0.05, 0.1) is 11.7 Å². The largest absolute Gasteiger partial charge is 0.508 e. The number of nitrogens with zero attached hydrogens (tertiary/aromatic N) is 3. The van der Waals surface area contributed by atoms with Crippen molar-refractivity contribution in [3.63, 3.8) is 0 Å². The minimum Gasteiger partial charge on any atom is -0.508 e. The Morgan fingerprint density at radius 2 is 1.42 bits per heavy atom. The molecule has 0 aliphatic carbocycles. The van der Waals surface area contributed by atoms with Gasteiger partial charge in [-0.15, -0.1) is 0 Å². The van der Waals surface area contributed by atoms with E-state index in [1.807, 2.05) is 12.3 Å². The molecule has 0 bridgehead atoms. The second kappa shape index (κ2) is 5.74. The molecule has 0 unspecified atom stereocenters. The number of aromatic hydroxyl groups is 1. The van der Waals surface area contributed by atoms with Gasteiger partial charge in [0.1, 0.15) is 11.3 Å². The molecule has 2 aromatic carbocycles. The lowest BCUT2D eigenvalue weighted by atomic mass is 10.1. The molecule has 0 aliphatic rings. The third-order valence-electron chi connectivity index (χ3n) is 3.94. The van der Waals surface area contributed by atoms with Crippen LogP contribution < -0.4 is 0 Å². The van der Waals surface area contributed by atoms with E-state index in [1.54, 1.807) is 30.5 Å². The van der Waals surface area contributed by atoms with Crippen LogP contribution in [0.4, 0.5) is 0 Å². The highest BCUT2D eigenvalue weighted by Gasteiger charge is 2.06. The molecule has 0 saturated heterocycles. The average Bonchev–Trinajstić information content (AvgIpc) is 2.62. The maximum absolute atomic E-state index is 9.41. The zero-order valence-corrected chi connectivity index (χ0v) is 13.1. The molecule has 0 aliphatic heterocycles. The molecule has 0 saturated carbocycles. The molecule has 4 rings (SSSR count). The number of hydrogen-bond donors (Lipinski definition) is 1. The van der Waals surface area contributed by atoms with Crippen LogP contribution in [-0.4, -0.2) is 20.1 Å². The van der Waals surface area contributed by atoms with Crippen molar-refractivity contribution in [2.75, 3.05) is 0 Å². The van der Waals surface area contributed by atoms with E-state index in [0.29, 0.717) is 5.82 Å². The molecule has 0 fully saturated rings. The van der Waals surface area contributed by atoms with Crippen LogP contribution in [0.1, 0.15) is 5.56 Å². The van der Waals surface area contributed by atoms with Crippen LogP contribution in [0.3, 0.4) is 0 Å². The summed E-state index contributed by atoms with van der Waals surface area (Å²) in [6.45, 7) is 2.07. The van der Waals surface area contributed by atoms with Crippen LogP contribution in [0, 0.1) is 6.92 Å². The number of hydrogen-bond acceptors (Lipinski definition) is 4. The molecule has 2 heterocycles. The Kier molecular flexibility index (Phi) is 3.43. The van der Waals surface area contributed by atoms with E-state index in [9.17, 15) is 5.11 Å². The smallest absolute Gasteiger partial charge is 0.159 e. The highest BCUT2D eigenvalue weighted by Crippen LogP contribution is 2.24. The number of benzene rings is 2. The molecule has 2 aromatic heterocycles. The zero-order valence-electron chi connectivity index (χ0n) is 13.1. The van der Waals surface area contributed by atoms with Gasteiger partial charge in [-0.25, -0.2) is 9.97 Å². The fourth-order valence-electron chi connectivity index (χ4n) is 2.57. The van der Waals surface area contributed by atoms with Crippen LogP contribution >= 0.6 is 0 Å². The first-order valence-electron chi connectivity index (χ1n) is 7.68. The average molecular weight is 313 g/mol. The monoisotopic (exact) mass is 313 g/mol. The van der Waals surface area contributed by atoms with Crippen LogP contribution in [-0.2, 0) is 0 Å². The van der Waals surface area contributed by atoms with E-state index in [0.717, 1.165) is 27.7 Å². The molecule has 0 spiro atoms. The summed E-state index contributed by atoms with van der Waals surface area (Å²) < 4.78 is 0. The first kappa shape index (κ1) is 14.3. The number of phenolic OH excluding ortho intramolecular Hbond substituents is 1. The van der Waals surface area contributed by atoms with Gasteiger partial charge < -0.3 is 5.11 Å². The van der Waals surface area contributed by atoms with Gasteiger partial charge >= 0.3 is 0 Å². The topological polar surface area (TPSA) is 58.9 Å². The van der Waals surface area contributed by atoms with Crippen molar-refractivity contribution in [3.8, 4) is 28.3 Å². The van der Waals surface area contributed by atoms with E-state index in [4.69, 9.17) is 0 Å². The second-order valence-electron chi connectivity index (χ2n) is 5.73. The molecule has 0 atom stereocenters. The fourth-order valence-corrected chi connectivity index (χ4v) is 2.57. The minimum absolute atomic E-state index is 0.225. The summed E-state index contributed by atoms with van der Waals surface area (Å²) in [5, 5.41) is 9.41. The highest BCUT2D eigenvalue weighted by molar-refractivity contribution is 5.81. The van der Waals surface area contributed by atoms with Crippen molar-refractivity contribution in [3.05, 3.63) is 72.6 Å². The molecule has 24 heavy (non-hydrogen) atoms. The first-order chi connectivity index (χ1) is 11.7. The lowest BCUT2D eigenvalue weighted by molar-refractivity contribution is 0.475. The van der Waals surface area contributed by atoms with E-state index >= 15 is 0 Å². The number of fused-ring (bicyclic) bond motifs is 1. The summed E-state index contributed by atoms with van der Waals surface area (Å²) in [6, 6.07) is 17.2. The standard InChI is InChI=1S/C20H15N3O/c1-13-2-4-14(5-3-13)16-10-18-19(21-11-16)12-22-20(23-18)15-6-8-17(24)9-7-15/h2-12,24H,1H3. The van der Waals surface area contributed by atoms with E-state index < -0.39 is 0 Å². The maximum atomic E-state index is 9.41. The van der Waals surface area contributed by atoms with Crippen LogP contribution in [0.2, 0.25) is 0 Å². The molecular formula is C20H15N3O. The van der Waals surface area contributed by atoms with Crippen molar-refractivity contribution in [1.29, 1.82) is 0 Å². The van der Waals surface area contributed by atoms with Crippen molar-refractivity contribution >= 4 is 11.0 Å². The SMILES string of the molecule is Cc1ccc(-c2cnc3cnc(-c4ccc(O)cc4)nc3c2)cc1. The molecule has 4 aromatic rings. The molecule has 0 amide bonds. The van der Waals surface area contributed by atoms with Gasteiger partial charge in [-0.05, 0) is 42.8 Å². The lowest BCUT2D eigenvalue weighted by Gasteiger charge is -2.05. The summed E-state index contributed by atoms with van der Waals surface area (Å²) in [6.07, 6.45) is 3.57. The van der Waals surface area contributed by atoms with Crippen molar-refractivity contribution in [2.45, 2.75) is 6.92 Å². The van der Waals surface area contributed by atoms with Crippen LogP contribution in [0.25, 0.3) is 33.5 Å². The Labute approximate surface area is 139 Å². The molecular weight excluding hydrogens is 298 g/mol. The lowest BCUT2D eigenvalue weighted by Crippen LogP contribution is -1.92. The minimum atomic E-state index is 0.225. The summed E-state index contributed by atoms with van der Waals surface area (Å²) in [5.74, 6) is 0.841. The van der Waals surface area contributed by atoms with Gasteiger partial charge in [-0.3, -0.25) is 4.98 Å². The second-order valence-corrected chi connectivity index (χ2v) is 5.73. The molecule has 1 N–H and O–H groups in total. The van der Waals surface area contributed by atoms with Gasteiger partial charge in [0.15, 0.2) is 5.82 Å². The normalized spacial score (nSPS) is 10.9. The van der Waals surface area contributed by atoms with Crippen LogP contribution in [0.5, 0.6) is 5.75 Å². The van der Waals surface area contributed by atoms with E-state index in [2.05, 4.69) is 46.1 Å². The van der Waals surface area contributed by atoms with E-state index in [-0.39, 0.29) is 5.75 Å². The zero-order chi connectivity index (χ0) is 16.5. The Bertz CT molecular complexity index is 929. The number of aromatic nitrogens is 3. The number of rotatable bonds is 2. The predicted molar refractivity (Wildman–Crippen MR) is 94.6 cm³/mol. The van der Waals surface area contributed by atoms with Crippen molar-refractivity contribution < 1.29 is 5.11 Å². The quantitative estimate of drug-likeness (QED) is 0.597. The van der Waals surface area contributed by atoms with Crippen molar-refractivity contribution in [2.24, 2.45) is 0 Å². The summed E-state index contributed by atoms with van der Waals surface area (Å²) in [5.41, 5.74) is 5.78. The Morgan fingerprint density at radius 1 is 0.708 bits per heavy atom. The fraction of sp³-hybridized carbons (Fsp3) is 0.0500. The molecule has 116 valence electrons. The predicted octanol–water partition coefficient (Wildman–Crippen LogP) is 4.37. The Morgan fingerprint density at radius 3 is 2.17 bits per heavy atom. The van der Waals surface area contributed by atoms with Gasteiger partial charge in [0, 0.05) is 17.3 Å². The summed E-state index contributed by atoms with van der Waals surface area (Å²) in [4.78, 5) is 13.5. The third kappa shape index (κ3) is 2.70. The number of aryl methyl sites for hydroxylation is 1. The first-order valence-corrected chi connectivity index (χ1v) is 7.68. The van der Waals surface area contributed by atoms with E-state index in [1.165, 1.54) is 5.56 Å². The summed E-state index contributed by atoms with van der Waals surface area (Å²) >= 11 is 0.